The van der Waals surface area contributed by atoms with Gasteiger partial charge in [-0.2, -0.15) is 13.2 Å². The quantitative estimate of drug-likeness (QED) is 0.0830. The zero-order valence-corrected chi connectivity index (χ0v) is 21.5. The van der Waals surface area contributed by atoms with Gasteiger partial charge >= 0.3 is 24.1 Å². The van der Waals surface area contributed by atoms with E-state index in [2.05, 4.69) is 6.58 Å². The third-order valence-corrected chi connectivity index (χ3v) is 5.77. The summed E-state index contributed by atoms with van der Waals surface area (Å²) in [5, 5.41) is 23.5. The van der Waals surface area contributed by atoms with Crippen molar-refractivity contribution in [3.8, 4) is 5.75 Å². The highest BCUT2D eigenvalue weighted by atomic mass is 32.1. The minimum absolute atomic E-state index is 0.102. The van der Waals surface area contributed by atoms with Crippen LogP contribution in [0.3, 0.4) is 0 Å². The lowest BCUT2D eigenvalue weighted by molar-refractivity contribution is -0.192. The zero-order valence-electron chi connectivity index (χ0n) is 20.7. The second-order valence-corrected chi connectivity index (χ2v) is 9.61. The van der Waals surface area contributed by atoms with Crippen LogP contribution in [0.5, 0.6) is 5.75 Å². The van der Waals surface area contributed by atoms with Gasteiger partial charge in [-0.05, 0) is 36.8 Å². The van der Waals surface area contributed by atoms with Crippen molar-refractivity contribution in [3.05, 3.63) is 64.1 Å². The summed E-state index contributed by atoms with van der Waals surface area (Å²) in [6, 6.07) is 6.78. The second kappa shape index (κ2) is 13.5. The number of halogens is 4. The molecule has 0 saturated carbocycles. The average Bonchev–Trinajstić information content (AvgIpc) is 3.26. The number of nitrogen functional groups attached to an aromatic ring is 1. The fourth-order valence-electron chi connectivity index (χ4n) is 2.96. The molecule has 0 unspecified atom stereocenters. The molecule has 2 aromatic rings. The van der Waals surface area contributed by atoms with E-state index in [4.69, 9.17) is 30.9 Å². The van der Waals surface area contributed by atoms with E-state index in [1.54, 1.807) is 19.9 Å². The number of esters is 1. The molecule has 0 fully saturated rings. The Morgan fingerprint density at radius 2 is 1.74 bits per heavy atom. The number of carbonyl (C=O) groups excluding carboxylic acids is 2. The van der Waals surface area contributed by atoms with Gasteiger partial charge in [0.1, 0.15) is 17.3 Å². The van der Waals surface area contributed by atoms with Gasteiger partial charge in [0.25, 0.3) is 0 Å². The number of nitrogens with zero attached hydrogens (tertiary/aromatic N) is 1. The maximum atomic E-state index is 14.1. The second-order valence-electron chi connectivity index (χ2n) is 8.45. The number of alkyl halides is 3. The van der Waals surface area contributed by atoms with Gasteiger partial charge in [-0.15, -0.1) is 17.9 Å². The maximum Gasteiger partial charge on any atom is 0.490 e. The highest BCUT2D eigenvalue weighted by Crippen LogP contribution is 2.30. The number of aliphatic carboxylic acids is 2. The van der Waals surface area contributed by atoms with Crippen LogP contribution in [0.1, 0.15) is 34.0 Å². The van der Waals surface area contributed by atoms with Crippen molar-refractivity contribution < 1.29 is 51.7 Å². The number of carbonyl (C=O) groups is 4. The molecule has 0 bridgehead atoms. The molecule has 0 aliphatic carbocycles. The number of carboxylic acid groups (broad SMARTS) is 2. The van der Waals surface area contributed by atoms with E-state index >= 15 is 0 Å². The third kappa shape index (κ3) is 10.2. The summed E-state index contributed by atoms with van der Waals surface area (Å²) in [6.07, 6.45) is -3.36. The number of hydrogen-bond acceptors (Lipinski definition) is 7. The lowest BCUT2D eigenvalue weighted by Crippen LogP contribution is -2.44. The van der Waals surface area contributed by atoms with Gasteiger partial charge in [-0.1, -0.05) is 19.9 Å². The SMILES string of the molecule is C=CCN(CC(=O)O)C(=O)C(C)(C)Cc1ccc(C(=O)Oc2ccc(C(=N)N)cc2F)s1.O=C(O)C(F)(F)F. The normalized spacial score (nSPS) is 11.0. The van der Waals surface area contributed by atoms with Crippen LogP contribution in [-0.4, -0.2) is 64.0 Å². The summed E-state index contributed by atoms with van der Waals surface area (Å²) in [4.78, 5) is 47.3. The van der Waals surface area contributed by atoms with E-state index in [1.807, 2.05) is 0 Å². The molecule has 0 aliphatic rings. The third-order valence-electron chi connectivity index (χ3n) is 4.71. The molecule has 1 aromatic heterocycles. The van der Waals surface area contributed by atoms with Crippen LogP contribution < -0.4 is 10.5 Å². The monoisotopic (exact) mass is 575 g/mol. The summed E-state index contributed by atoms with van der Waals surface area (Å²) in [6.45, 7) is 6.60. The van der Waals surface area contributed by atoms with Gasteiger partial charge in [-0.25, -0.2) is 14.0 Å². The average molecular weight is 576 g/mol. The number of amides is 1. The fourth-order valence-corrected chi connectivity index (χ4v) is 4.07. The minimum Gasteiger partial charge on any atom is -0.480 e. The van der Waals surface area contributed by atoms with Crippen molar-refractivity contribution in [3.63, 3.8) is 0 Å². The van der Waals surface area contributed by atoms with Gasteiger partial charge in [0.05, 0.1) is 0 Å². The minimum atomic E-state index is -5.08. The lowest BCUT2D eigenvalue weighted by atomic mass is 9.87. The van der Waals surface area contributed by atoms with Crippen molar-refractivity contribution in [1.29, 1.82) is 5.41 Å². The molecular formula is C24H25F4N3O7S. The molecule has 10 nitrogen and oxygen atoms in total. The molecule has 2 rings (SSSR count). The van der Waals surface area contributed by atoms with Crippen LogP contribution in [-0.2, 0) is 20.8 Å². The van der Waals surface area contributed by atoms with Gasteiger partial charge in [0, 0.05) is 22.4 Å². The molecule has 15 heteroatoms. The Bertz CT molecular complexity index is 1260. The van der Waals surface area contributed by atoms with Gasteiger partial charge < -0.3 is 25.6 Å². The van der Waals surface area contributed by atoms with Crippen LogP contribution in [0.15, 0.2) is 43.0 Å². The van der Waals surface area contributed by atoms with Gasteiger partial charge in [-0.3, -0.25) is 15.0 Å². The molecule has 39 heavy (non-hydrogen) atoms. The molecule has 0 radical (unpaired) electrons. The van der Waals surface area contributed by atoms with E-state index < -0.39 is 41.9 Å². The first kappa shape index (κ1) is 32.8. The first-order chi connectivity index (χ1) is 17.9. The standard InChI is InChI=1S/C22H24FN3O5S.C2HF3O2/c1-4-9-26(12-18(27)28)21(30)22(2,3)11-14-6-8-17(32-14)20(29)31-16-7-5-13(19(24)25)10-15(16)23;3-2(4,5)1(6)7/h4-8,10H,1,9,11-12H2,2-3H3,(H3,24,25)(H,27,28);(H,6,7). The Balaban J connectivity index is 0.000000956. The smallest absolute Gasteiger partial charge is 0.480 e. The molecule has 212 valence electrons. The predicted octanol–water partition coefficient (Wildman–Crippen LogP) is 3.69. The van der Waals surface area contributed by atoms with Crippen molar-refractivity contribution >= 4 is 41.0 Å². The predicted molar refractivity (Wildman–Crippen MR) is 132 cm³/mol. The summed E-state index contributed by atoms with van der Waals surface area (Å²) in [7, 11) is 0. The molecule has 0 aliphatic heterocycles. The molecule has 1 aromatic carbocycles. The molecule has 1 amide bonds. The maximum absolute atomic E-state index is 14.1. The highest BCUT2D eigenvalue weighted by Gasteiger charge is 2.38. The fraction of sp³-hybridized carbons (Fsp3) is 0.292. The van der Waals surface area contributed by atoms with Crippen molar-refractivity contribution in [1.82, 2.24) is 4.90 Å². The summed E-state index contributed by atoms with van der Waals surface area (Å²) in [5.74, 6) is -6.43. The number of ether oxygens (including phenoxy) is 1. The Hall–Kier alpha value is -4.27. The van der Waals surface area contributed by atoms with Crippen molar-refractivity contribution in [2.24, 2.45) is 11.1 Å². The first-order valence-electron chi connectivity index (χ1n) is 10.8. The largest absolute Gasteiger partial charge is 0.490 e. The Labute approximate surface area is 223 Å². The van der Waals surface area contributed by atoms with Crippen LogP contribution in [0.2, 0.25) is 0 Å². The van der Waals surface area contributed by atoms with E-state index in [0.29, 0.717) is 4.88 Å². The summed E-state index contributed by atoms with van der Waals surface area (Å²) < 4.78 is 51.0. The topological polar surface area (TPSA) is 171 Å². The molecule has 5 N–H and O–H groups in total. The Kier molecular flexibility index (Phi) is 11.3. The number of benzene rings is 1. The number of hydrogen-bond donors (Lipinski definition) is 4. The van der Waals surface area contributed by atoms with Crippen LogP contribution >= 0.6 is 11.3 Å². The molecule has 0 atom stereocenters. The van der Waals surface area contributed by atoms with Crippen molar-refractivity contribution in [2.45, 2.75) is 26.4 Å². The number of carboxylic acids is 2. The Morgan fingerprint density at radius 1 is 1.15 bits per heavy atom. The van der Waals surface area contributed by atoms with E-state index in [-0.39, 0.29) is 40.9 Å². The summed E-state index contributed by atoms with van der Waals surface area (Å²) >= 11 is 1.10. The highest BCUT2D eigenvalue weighted by molar-refractivity contribution is 7.14. The number of nitrogens with two attached hydrogens (primary N) is 1. The number of nitrogens with one attached hydrogen (secondary N) is 1. The molecule has 0 spiro atoms. The number of rotatable bonds is 10. The summed E-state index contributed by atoms with van der Waals surface area (Å²) in [5.41, 5.74) is 4.54. The van der Waals surface area contributed by atoms with Crippen molar-refractivity contribution in [2.75, 3.05) is 13.1 Å². The van der Waals surface area contributed by atoms with Gasteiger partial charge in [0.2, 0.25) is 5.91 Å². The van der Waals surface area contributed by atoms with Crippen LogP contribution in [0, 0.1) is 16.6 Å². The molecular weight excluding hydrogens is 550 g/mol. The lowest BCUT2D eigenvalue weighted by Gasteiger charge is -2.30. The van der Waals surface area contributed by atoms with Gasteiger partial charge in [0.15, 0.2) is 11.6 Å². The molecule has 0 saturated heterocycles. The van der Waals surface area contributed by atoms with Crippen LogP contribution in [0.25, 0.3) is 0 Å². The number of amidine groups is 1. The van der Waals surface area contributed by atoms with E-state index in [9.17, 15) is 31.9 Å². The molecule has 1 heterocycles. The zero-order chi connectivity index (χ0) is 30.1. The van der Waals surface area contributed by atoms with Crippen LogP contribution in [0.4, 0.5) is 17.6 Å². The Morgan fingerprint density at radius 3 is 2.21 bits per heavy atom. The van der Waals surface area contributed by atoms with E-state index in [0.717, 1.165) is 17.4 Å². The van der Waals surface area contributed by atoms with E-state index in [1.165, 1.54) is 29.2 Å². The first-order valence-corrected chi connectivity index (χ1v) is 11.6. The number of thiophene rings is 1.